The minimum Gasteiger partial charge on any atom is -0.350 e. The maximum atomic E-state index is 12.2. The minimum atomic E-state index is -0.164. The fourth-order valence-corrected chi connectivity index (χ4v) is 3.07. The number of carbonyl (C=O) groups excluding carboxylic acids is 2. The molecule has 3 heterocycles. The van der Waals surface area contributed by atoms with Crippen molar-refractivity contribution in [1.29, 1.82) is 0 Å². The number of nitrogens with one attached hydrogen (secondary N) is 1. The molecule has 3 aromatic rings. The Labute approximate surface area is 149 Å². The van der Waals surface area contributed by atoms with Crippen LogP contribution in [0.5, 0.6) is 0 Å². The summed E-state index contributed by atoms with van der Waals surface area (Å²) in [6.07, 6.45) is 4.81. The summed E-state index contributed by atoms with van der Waals surface area (Å²) in [5.74, 6) is -0.0469. The molecule has 26 heavy (non-hydrogen) atoms. The van der Waals surface area contributed by atoms with Gasteiger partial charge in [-0.2, -0.15) is 0 Å². The van der Waals surface area contributed by atoms with E-state index in [4.69, 9.17) is 0 Å². The summed E-state index contributed by atoms with van der Waals surface area (Å²) in [6, 6.07) is 9.39. The van der Waals surface area contributed by atoms with Crippen LogP contribution in [0.3, 0.4) is 0 Å². The highest BCUT2D eigenvalue weighted by molar-refractivity contribution is 5.95. The second-order valence-corrected chi connectivity index (χ2v) is 6.21. The van der Waals surface area contributed by atoms with Gasteiger partial charge in [0.2, 0.25) is 11.8 Å². The molecule has 8 heteroatoms. The number of hydrogen-bond acceptors (Lipinski definition) is 5. The molecular weight excluding hydrogens is 332 g/mol. The third-order valence-corrected chi connectivity index (χ3v) is 4.37. The number of amides is 2. The number of pyridine rings is 1. The Morgan fingerprint density at radius 3 is 2.96 bits per heavy atom. The van der Waals surface area contributed by atoms with Crippen molar-refractivity contribution in [2.75, 3.05) is 11.4 Å². The first-order valence-corrected chi connectivity index (χ1v) is 8.50. The van der Waals surface area contributed by atoms with Crippen molar-refractivity contribution in [2.45, 2.75) is 25.9 Å². The molecule has 0 atom stereocenters. The van der Waals surface area contributed by atoms with E-state index < -0.39 is 0 Å². The minimum absolute atomic E-state index is 0.0955. The highest BCUT2D eigenvalue weighted by atomic mass is 16.2. The summed E-state index contributed by atoms with van der Waals surface area (Å²) >= 11 is 0. The van der Waals surface area contributed by atoms with E-state index in [1.807, 2.05) is 30.3 Å². The molecule has 2 aromatic heterocycles. The molecule has 1 aliphatic rings. The standard InChI is InChI=1S/C18H18N6O2/c25-17(12-24-16-5-2-1-4-15(16)21-22-24)20-10-13-8-14(11-19-9-13)23-7-3-6-18(23)26/h1-2,4-5,8-9,11H,3,6-7,10,12H2,(H,20,25). The lowest BCUT2D eigenvalue weighted by molar-refractivity contribution is -0.122. The Morgan fingerprint density at radius 1 is 1.23 bits per heavy atom. The first kappa shape index (κ1) is 16.2. The largest absolute Gasteiger partial charge is 0.350 e. The number of nitrogens with zero attached hydrogens (tertiary/aromatic N) is 5. The monoisotopic (exact) mass is 350 g/mol. The molecule has 1 aliphatic heterocycles. The van der Waals surface area contributed by atoms with Gasteiger partial charge < -0.3 is 10.2 Å². The third kappa shape index (κ3) is 3.26. The zero-order valence-corrected chi connectivity index (χ0v) is 14.1. The molecular formula is C18H18N6O2. The highest BCUT2D eigenvalue weighted by Crippen LogP contribution is 2.21. The maximum Gasteiger partial charge on any atom is 0.242 e. The third-order valence-electron chi connectivity index (χ3n) is 4.37. The van der Waals surface area contributed by atoms with Gasteiger partial charge in [0.05, 0.1) is 17.4 Å². The van der Waals surface area contributed by atoms with Gasteiger partial charge in [0.1, 0.15) is 12.1 Å². The zero-order valence-electron chi connectivity index (χ0n) is 14.1. The van der Waals surface area contributed by atoms with Gasteiger partial charge in [-0.3, -0.25) is 14.6 Å². The lowest BCUT2D eigenvalue weighted by Crippen LogP contribution is -2.28. The Hall–Kier alpha value is -3.29. The number of rotatable bonds is 5. The van der Waals surface area contributed by atoms with Crippen molar-refractivity contribution >= 4 is 28.5 Å². The van der Waals surface area contributed by atoms with Crippen LogP contribution in [0.15, 0.2) is 42.7 Å². The summed E-state index contributed by atoms with van der Waals surface area (Å²) in [5, 5.41) is 10.9. The van der Waals surface area contributed by atoms with Crippen molar-refractivity contribution in [3.63, 3.8) is 0 Å². The van der Waals surface area contributed by atoms with Crippen LogP contribution >= 0.6 is 0 Å². The molecule has 1 fully saturated rings. The number of hydrogen-bond donors (Lipinski definition) is 1. The average molecular weight is 350 g/mol. The van der Waals surface area contributed by atoms with E-state index in [1.165, 1.54) is 0 Å². The fourth-order valence-electron chi connectivity index (χ4n) is 3.07. The van der Waals surface area contributed by atoms with Gasteiger partial charge in [-0.05, 0) is 30.2 Å². The molecule has 0 aliphatic carbocycles. The predicted molar refractivity (Wildman–Crippen MR) is 95.2 cm³/mol. The molecule has 1 saturated heterocycles. The van der Waals surface area contributed by atoms with Gasteiger partial charge >= 0.3 is 0 Å². The van der Waals surface area contributed by atoms with Crippen molar-refractivity contribution in [1.82, 2.24) is 25.3 Å². The Balaban J connectivity index is 1.39. The molecule has 132 valence electrons. The van der Waals surface area contributed by atoms with E-state index in [1.54, 1.807) is 22.0 Å². The van der Waals surface area contributed by atoms with Crippen LogP contribution in [-0.4, -0.2) is 38.3 Å². The molecule has 0 unspecified atom stereocenters. The quantitative estimate of drug-likeness (QED) is 0.748. The number of para-hydroxylation sites is 1. The van der Waals surface area contributed by atoms with Gasteiger partial charge in [0.15, 0.2) is 0 Å². The molecule has 1 aromatic carbocycles. The molecule has 0 saturated carbocycles. The van der Waals surface area contributed by atoms with Crippen LogP contribution in [0.1, 0.15) is 18.4 Å². The summed E-state index contributed by atoms with van der Waals surface area (Å²) in [4.78, 5) is 30.0. The summed E-state index contributed by atoms with van der Waals surface area (Å²) < 4.78 is 1.57. The summed E-state index contributed by atoms with van der Waals surface area (Å²) in [6.45, 7) is 1.16. The molecule has 1 N–H and O–H groups in total. The first-order chi connectivity index (χ1) is 12.7. The molecule has 2 amide bonds. The van der Waals surface area contributed by atoms with Crippen LogP contribution in [0.2, 0.25) is 0 Å². The Bertz CT molecular complexity index is 967. The lowest BCUT2D eigenvalue weighted by atomic mass is 10.2. The number of aromatic nitrogens is 4. The molecule has 0 radical (unpaired) electrons. The molecule has 0 bridgehead atoms. The maximum absolute atomic E-state index is 12.2. The van der Waals surface area contributed by atoms with Gasteiger partial charge in [0, 0.05) is 25.7 Å². The highest BCUT2D eigenvalue weighted by Gasteiger charge is 2.22. The fraction of sp³-hybridized carbons (Fsp3) is 0.278. The van der Waals surface area contributed by atoms with E-state index in [9.17, 15) is 9.59 Å². The number of carbonyl (C=O) groups is 2. The van der Waals surface area contributed by atoms with Gasteiger partial charge in [-0.15, -0.1) is 5.10 Å². The Morgan fingerprint density at radius 2 is 2.12 bits per heavy atom. The summed E-state index contributed by atoms with van der Waals surface area (Å²) in [7, 11) is 0. The smallest absolute Gasteiger partial charge is 0.242 e. The van der Waals surface area contributed by atoms with E-state index in [0.29, 0.717) is 13.0 Å². The summed E-state index contributed by atoms with van der Waals surface area (Å²) in [5.41, 5.74) is 3.20. The van der Waals surface area contributed by atoms with Crippen LogP contribution in [0.25, 0.3) is 11.0 Å². The van der Waals surface area contributed by atoms with Crippen LogP contribution in [0.4, 0.5) is 5.69 Å². The van der Waals surface area contributed by atoms with E-state index in [-0.39, 0.29) is 18.4 Å². The lowest BCUT2D eigenvalue weighted by Gasteiger charge is -2.16. The van der Waals surface area contributed by atoms with Crippen LogP contribution in [0, 0.1) is 0 Å². The molecule has 8 nitrogen and oxygen atoms in total. The van der Waals surface area contributed by atoms with E-state index >= 15 is 0 Å². The normalized spacial score (nSPS) is 14.2. The van der Waals surface area contributed by atoms with Gasteiger partial charge in [0.25, 0.3) is 0 Å². The van der Waals surface area contributed by atoms with E-state index in [2.05, 4.69) is 20.6 Å². The number of fused-ring (bicyclic) bond motifs is 1. The number of benzene rings is 1. The SMILES string of the molecule is O=C(Cn1nnc2ccccc21)NCc1cncc(N2CCCC2=O)c1. The van der Waals surface area contributed by atoms with Crippen molar-refractivity contribution in [3.05, 3.63) is 48.3 Å². The van der Waals surface area contributed by atoms with E-state index in [0.717, 1.165) is 35.2 Å². The van der Waals surface area contributed by atoms with Gasteiger partial charge in [-0.25, -0.2) is 4.68 Å². The second kappa shape index (κ2) is 6.91. The van der Waals surface area contributed by atoms with Gasteiger partial charge in [-0.1, -0.05) is 17.3 Å². The molecule has 4 rings (SSSR count). The topological polar surface area (TPSA) is 93.0 Å². The Kier molecular flexibility index (Phi) is 4.30. The predicted octanol–water partition coefficient (Wildman–Crippen LogP) is 1.27. The second-order valence-electron chi connectivity index (χ2n) is 6.21. The van der Waals surface area contributed by atoms with Crippen molar-refractivity contribution < 1.29 is 9.59 Å². The van der Waals surface area contributed by atoms with Crippen molar-refractivity contribution in [2.24, 2.45) is 0 Å². The number of anilines is 1. The van der Waals surface area contributed by atoms with Crippen molar-refractivity contribution in [3.8, 4) is 0 Å². The van der Waals surface area contributed by atoms with Crippen LogP contribution in [-0.2, 0) is 22.7 Å². The first-order valence-electron chi connectivity index (χ1n) is 8.50. The average Bonchev–Trinajstić information content (AvgIpc) is 3.27. The molecule has 0 spiro atoms. The van der Waals surface area contributed by atoms with Crippen LogP contribution < -0.4 is 10.2 Å². The zero-order chi connectivity index (χ0) is 17.9.